The molecule has 0 spiro atoms. The molecule has 0 aromatic heterocycles. The van der Waals surface area contributed by atoms with Crippen LogP contribution in [0.3, 0.4) is 0 Å². The molecule has 6 nitrogen and oxygen atoms in total. The van der Waals surface area contributed by atoms with Gasteiger partial charge < -0.3 is 25.1 Å². The van der Waals surface area contributed by atoms with Crippen LogP contribution in [0, 0.1) is 17.5 Å². The summed E-state index contributed by atoms with van der Waals surface area (Å²) in [6, 6.07) is 9.54. The van der Waals surface area contributed by atoms with Crippen LogP contribution >= 0.6 is 0 Å². The summed E-state index contributed by atoms with van der Waals surface area (Å²) in [6.07, 6.45) is 3.56. The second-order valence-electron chi connectivity index (χ2n) is 9.50. The highest BCUT2D eigenvalue weighted by molar-refractivity contribution is 6.02. The summed E-state index contributed by atoms with van der Waals surface area (Å²) in [5.41, 5.74) is 4.25. The Morgan fingerprint density at radius 3 is 2.57 bits per heavy atom. The number of fused-ring (bicyclic) bond motifs is 2. The van der Waals surface area contributed by atoms with E-state index in [0.29, 0.717) is 5.75 Å². The van der Waals surface area contributed by atoms with Crippen LogP contribution in [0.2, 0.25) is 0 Å². The minimum atomic E-state index is -0.532. The van der Waals surface area contributed by atoms with Crippen molar-refractivity contribution in [2.24, 2.45) is 5.41 Å². The summed E-state index contributed by atoms with van der Waals surface area (Å²) in [7, 11) is 0. The zero-order valence-electron chi connectivity index (χ0n) is 17.7. The highest BCUT2D eigenvalue weighted by atomic mass is 16.7. The molecule has 1 aliphatic carbocycles. The van der Waals surface area contributed by atoms with E-state index in [9.17, 15) is 10.0 Å². The van der Waals surface area contributed by atoms with Crippen molar-refractivity contribution in [3.63, 3.8) is 0 Å². The zero-order valence-corrected chi connectivity index (χ0v) is 17.7. The van der Waals surface area contributed by atoms with E-state index in [1.165, 1.54) is 0 Å². The summed E-state index contributed by atoms with van der Waals surface area (Å²) in [6.45, 7) is 8.28. The maximum atomic E-state index is 13.2. The summed E-state index contributed by atoms with van der Waals surface area (Å²) < 4.78 is 10.9. The molecule has 6 heteroatoms. The van der Waals surface area contributed by atoms with Crippen LogP contribution in [0.15, 0.2) is 36.0 Å². The third-order valence-electron chi connectivity index (χ3n) is 6.31. The van der Waals surface area contributed by atoms with Gasteiger partial charge in [0.25, 0.3) is 0 Å². The van der Waals surface area contributed by atoms with Crippen LogP contribution in [-0.4, -0.2) is 12.7 Å². The normalized spacial score (nSPS) is 20.6. The molecule has 1 saturated carbocycles. The molecule has 2 aromatic rings. The van der Waals surface area contributed by atoms with Gasteiger partial charge in [-0.2, -0.15) is 0 Å². The lowest BCUT2D eigenvalue weighted by Gasteiger charge is -2.29. The molecule has 1 atom stereocenters. The molecule has 0 saturated heterocycles. The fourth-order valence-corrected chi connectivity index (χ4v) is 4.44. The fourth-order valence-electron chi connectivity index (χ4n) is 4.44. The van der Waals surface area contributed by atoms with Crippen LogP contribution in [0.5, 0.6) is 11.5 Å². The Kier molecular flexibility index (Phi) is 4.04. The number of hydrogen-bond acceptors (Lipinski definition) is 4. The molecule has 5 rings (SSSR count). The molecule has 156 valence electrons. The highest BCUT2D eigenvalue weighted by Gasteiger charge is 2.51. The van der Waals surface area contributed by atoms with E-state index >= 15 is 0 Å². The number of rotatable bonds is 3. The van der Waals surface area contributed by atoms with E-state index in [4.69, 9.17) is 9.47 Å². The minimum Gasteiger partial charge on any atom is -0.624 e. The van der Waals surface area contributed by atoms with Gasteiger partial charge in [0.05, 0.1) is 5.41 Å². The van der Waals surface area contributed by atoms with Crippen molar-refractivity contribution in [3.05, 3.63) is 57.9 Å². The third kappa shape index (κ3) is 2.90. The summed E-state index contributed by atoms with van der Waals surface area (Å²) >= 11 is 0. The Bertz CT molecular complexity index is 1090. The van der Waals surface area contributed by atoms with E-state index in [2.05, 4.69) is 5.32 Å². The predicted octanol–water partition coefficient (Wildman–Crippen LogP) is 3.81. The fraction of sp³-hybridized carbons (Fsp3) is 0.375. The van der Waals surface area contributed by atoms with Gasteiger partial charge in [-0.15, -0.1) is 0 Å². The van der Waals surface area contributed by atoms with Gasteiger partial charge in [-0.25, -0.2) is 0 Å². The number of benzene rings is 2. The number of anilines is 1. The van der Waals surface area contributed by atoms with Crippen LogP contribution in [-0.2, 0) is 10.2 Å². The van der Waals surface area contributed by atoms with Crippen molar-refractivity contribution in [1.82, 2.24) is 0 Å². The Labute approximate surface area is 176 Å². The van der Waals surface area contributed by atoms with Crippen LogP contribution in [0.25, 0.3) is 6.08 Å². The van der Waals surface area contributed by atoms with Gasteiger partial charge in [0.1, 0.15) is 11.4 Å². The zero-order chi connectivity index (χ0) is 21.3. The number of ether oxygens (including phenoxy) is 2. The number of carbonyl (C=O) groups excluding carboxylic acids is 1. The molecule has 2 aliphatic heterocycles. The molecule has 30 heavy (non-hydrogen) atoms. The summed E-state index contributed by atoms with van der Waals surface area (Å²) in [5.74, 6) is 1.39. The van der Waals surface area contributed by atoms with Crippen LogP contribution in [0.1, 0.15) is 50.3 Å². The second-order valence-corrected chi connectivity index (χ2v) is 9.50. The number of amides is 1. The topological polar surface area (TPSA) is 75.1 Å². The average Bonchev–Trinajstić information content (AvgIpc) is 3.22. The Morgan fingerprint density at radius 2 is 1.87 bits per heavy atom. The van der Waals surface area contributed by atoms with Gasteiger partial charge in [0, 0.05) is 28.3 Å². The molecule has 1 fully saturated rings. The number of hydrogen-bond donors (Lipinski definition) is 2. The molecular weight excluding hydrogens is 380 g/mol. The third-order valence-corrected chi connectivity index (χ3v) is 6.31. The first kappa shape index (κ1) is 19.2. The first-order valence-corrected chi connectivity index (χ1v) is 10.3. The molecule has 3 aliphatic rings. The van der Waals surface area contributed by atoms with Crippen LogP contribution < -0.4 is 19.9 Å². The number of nitrogens with one attached hydrogen (secondary N) is 2. The van der Waals surface area contributed by atoms with Crippen molar-refractivity contribution in [2.45, 2.75) is 46.0 Å². The minimum absolute atomic E-state index is 0.0231. The number of carbonyl (C=O) groups is 1. The quantitative estimate of drug-likeness (QED) is 0.760. The number of quaternary nitrogens is 1. The number of aryl methyl sites for hydroxylation is 1. The van der Waals surface area contributed by atoms with E-state index in [1.807, 2.05) is 64.1 Å². The monoisotopic (exact) mass is 406 g/mol. The van der Waals surface area contributed by atoms with Gasteiger partial charge in [-0.3, -0.25) is 4.79 Å². The number of allylic oxidation sites excluding steroid dienone is 1. The Hall–Kier alpha value is -2.83. The number of hydroxylamine groups is 1. The average molecular weight is 406 g/mol. The molecule has 1 amide bonds. The predicted molar refractivity (Wildman–Crippen MR) is 115 cm³/mol. The Balaban J connectivity index is 1.43. The van der Waals surface area contributed by atoms with E-state index < -0.39 is 5.41 Å². The van der Waals surface area contributed by atoms with Gasteiger partial charge in [0.15, 0.2) is 11.5 Å². The SMILES string of the molecule is Cc1cc(NC(=O)C2(c3ccc4c(c3)OCO4)CC2)cc2c1[NH+]([O-])C(C(C)(C)C)=C2. The van der Waals surface area contributed by atoms with Crippen LogP contribution in [0.4, 0.5) is 11.4 Å². The van der Waals surface area contributed by atoms with Gasteiger partial charge in [-0.1, -0.05) is 26.8 Å². The lowest BCUT2D eigenvalue weighted by atomic mass is 9.92. The second kappa shape index (κ2) is 6.33. The molecule has 2 aromatic carbocycles. The largest absolute Gasteiger partial charge is 0.624 e. The van der Waals surface area contributed by atoms with E-state index in [1.54, 1.807) is 0 Å². The van der Waals surface area contributed by atoms with Crippen molar-refractivity contribution >= 4 is 23.4 Å². The molecule has 2 N–H and O–H groups in total. The molecule has 2 heterocycles. The van der Waals surface area contributed by atoms with Gasteiger partial charge in [0.2, 0.25) is 12.7 Å². The van der Waals surface area contributed by atoms with Crippen molar-refractivity contribution in [3.8, 4) is 11.5 Å². The van der Waals surface area contributed by atoms with Crippen molar-refractivity contribution in [2.75, 3.05) is 12.1 Å². The first-order chi connectivity index (χ1) is 14.2. The molecule has 0 radical (unpaired) electrons. The summed E-state index contributed by atoms with van der Waals surface area (Å²) in [5, 5.41) is 16.1. The molecule has 0 bridgehead atoms. The lowest BCUT2D eigenvalue weighted by molar-refractivity contribution is -0.735. The molecular formula is C24H26N2O4. The van der Waals surface area contributed by atoms with E-state index in [-0.39, 0.29) is 23.2 Å². The van der Waals surface area contributed by atoms with Gasteiger partial charge in [-0.05, 0) is 49.6 Å². The molecule has 1 unspecified atom stereocenters. The lowest BCUT2D eigenvalue weighted by Crippen LogP contribution is -3.00. The van der Waals surface area contributed by atoms with E-state index in [0.717, 1.165) is 52.4 Å². The highest BCUT2D eigenvalue weighted by Crippen LogP contribution is 2.51. The van der Waals surface area contributed by atoms with Crippen molar-refractivity contribution in [1.29, 1.82) is 0 Å². The standard InChI is InChI=1S/C24H26N2O4/c1-14-9-17(10-15-11-20(23(2,3)4)26(28)21(14)15)25-22(27)24(7-8-24)16-5-6-18-19(12-16)30-13-29-18/h5-6,9-12,26H,7-8,13H2,1-4H3,(H,25,27). The smallest absolute Gasteiger partial charge is 0.235 e. The van der Waals surface area contributed by atoms with Gasteiger partial charge >= 0.3 is 0 Å². The maximum Gasteiger partial charge on any atom is 0.235 e. The summed E-state index contributed by atoms with van der Waals surface area (Å²) in [4.78, 5) is 13.2. The maximum absolute atomic E-state index is 13.2. The first-order valence-electron chi connectivity index (χ1n) is 10.3. The Morgan fingerprint density at radius 1 is 1.13 bits per heavy atom. The van der Waals surface area contributed by atoms with Crippen molar-refractivity contribution < 1.29 is 19.3 Å².